The van der Waals surface area contributed by atoms with Crippen LogP contribution in [0.3, 0.4) is 0 Å². The Labute approximate surface area is 203 Å². The van der Waals surface area contributed by atoms with Gasteiger partial charge in [0.05, 0.1) is 0 Å². The lowest BCUT2D eigenvalue weighted by molar-refractivity contribution is -0.142. The van der Waals surface area contributed by atoms with Gasteiger partial charge in [-0.25, -0.2) is 0 Å². The van der Waals surface area contributed by atoms with E-state index in [4.69, 9.17) is 16.3 Å². The van der Waals surface area contributed by atoms with Crippen molar-refractivity contribution in [2.75, 3.05) is 6.61 Å². The number of ether oxygens (including phenoxy) is 1. The van der Waals surface area contributed by atoms with Gasteiger partial charge in [-0.1, -0.05) is 58.9 Å². The lowest BCUT2D eigenvalue weighted by Gasteiger charge is -2.31. The van der Waals surface area contributed by atoms with Crippen molar-refractivity contribution >= 4 is 39.3 Å². The molecule has 32 heavy (non-hydrogen) atoms. The van der Waals surface area contributed by atoms with Crippen molar-refractivity contribution in [3.05, 3.63) is 63.1 Å². The average molecular weight is 522 g/mol. The molecule has 0 saturated heterocycles. The molecule has 1 aliphatic carbocycles. The molecule has 0 aromatic heterocycles. The molecule has 2 amide bonds. The highest BCUT2D eigenvalue weighted by molar-refractivity contribution is 9.10. The van der Waals surface area contributed by atoms with Gasteiger partial charge in [-0.3, -0.25) is 9.59 Å². The highest BCUT2D eigenvalue weighted by atomic mass is 79.9. The Morgan fingerprint density at radius 1 is 1.19 bits per heavy atom. The molecule has 0 aliphatic heterocycles. The fourth-order valence-electron chi connectivity index (χ4n) is 3.92. The number of nitrogens with zero attached hydrogens (tertiary/aromatic N) is 1. The highest BCUT2D eigenvalue weighted by Gasteiger charge is 2.28. The molecule has 1 saturated carbocycles. The van der Waals surface area contributed by atoms with Crippen molar-refractivity contribution in [2.24, 2.45) is 0 Å². The number of halogens is 2. The van der Waals surface area contributed by atoms with Crippen LogP contribution in [0.1, 0.15) is 50.2 Å². The van der Waals surface area contributed by atoms with Crippen LogP contribution in [-0.4, -0.2) is 35.4 Å². The Morgan fingerprint density at radius 2 is 1.94 bits per heavy atom. The number of hydrogen-bond donors (Lipinski definition) is 1. The minimum Gasteiger partial charge on any atom is -0.484 e. The van der Waals surface area contributed by atoms with Crippen LogP contribution in [0.15, 0.2) is 46.9 Å². The third kappa shape index (κ3) is 6.97. The van der Waals surface area contributed by atoms with Crippen LogP contribution < -0.4 is 10.1 Å². The van der Waals surface area contributed by atoms with Gasteiger partial charge in [0, 0.05) is 22.1 Å². The van der Waals surface area contributed by atoms with E-state index in [0.717, 1.165) is 41.3 Å². The number of nitrogens with one attached hydrogen (secondary N) is 1. The lowest BCUT2D eigenvalue weighted by Crippen LogP contribution is -2.51. The molecule has 0 bridgehead atoms. The Hall–Kier alpha value is -2.05. The fourth-order valence-corrected chi connectivity index (χ4v) is 4.48. The largest absolute Gasteiger partial charge is 0.484 e. The van der Waals surface area contributed by atoms with Crippen LogP contribution in [0.2, 0.25) is 5.02 Å². The maximum absolute atomic E-state index is 13.2. The summed E-state index contributed by atoms with van der Waals surface area (Å²) in [5.41, 5.74) is 1.82. The predicted octanol–water partition coefficient (Wildman–Crippen LogP) is 5.66. The molecule has 1 N–H and O–H groups in total. The zero-order valence-electron chi connectivity index (χ0n) is 18.6. The summed E-state index contributed by atoms with van der Waals surface area (Å²) in [6.45, 7) is 3.82. The second-order valence-corrected chi connectivity index (χ2v) is 9.69. The van der Waals surface area contributed by atoms with E-state index in [-0.39, 0.29) is 24.5 Å². The van der Waals surface area contributed by atoms with E-state index in [0.29, 0.717) is 17.3 Å². The summed E-state index contributed by atoms with van der Waals surface area (Å²) in [5.74, 6) is 0.202. The number of amides is 2. The molecular formula is C25H30BrClN2O3. The summed E-state index contributed by atoms with van der Waals surface area (Å²) in [5, 5.41) is 3.79. The summed E-state index contributed by atoms with van der Waals surface area (Å²) in [6.07, 6.45) is 5.48. The molecule has 1 fully saturated rings. The van der Waals surface area contributed by atoms with Gasteiger partial charge in [0.2, 0.25) is 5.91 Å². The second kappa shape index (κ2) is 11.7. The molecule has 2 aromatic carbocycles. The number of carbonyl (C=O) groups excluding carboxylic acids is 2. The maximum atomic E-state index is 13.2. The van der Waals surface area contributed by atoms with Crippen LogP contribution in [0.5, 0.6) is 5.75 Å². The van der Waals surface area contributed by atoms with Gasteiger partial charge >= 0.3 is 0 Å². The van der Waals surface area contributed by atoms with E-state index in [1.165, 1.54) is 6.42 Å². The fraction of sp³-hybridized carbons (Fsp3) is 0.440. The van der Waals surface area contributed by atoms with Crippen LogP contribution >= 0.6 is 27.5 Å². The number of aryl methyl sites for hydroxylation is 1. The van der Waals surface area contributed by atoms with Crippen LogP contribution in [0, 0.1) is 6.92 Å². The normalized spacial score (nSPS) is 15.1. The van der Waals surface area contributed by atoms with E-state index >= 15 is 0 Å². The van der Waals surface area contributed by atoms with Gasteiger partial charge in [0.15, 0.2) is 6.61 Å². The van der Waals surface area contributed by atoms with Crippen molar-refractivity contribution in [3.8, 4) is 5.75 Å². The van der Waals surface area contributed by atoms with E-state index in [9.17, 15) is 9.59 Å². The first-order chi connectivity index (χ1) is 15.3. The first-order valence-electron chi connectivity index (χ1n) is 11.1. The number of rotatable bonds is 8. The summed E-state index contributed by atoms with van der Waals surface area (Å²) >= 11 is 9.55. The minimum absolute atomic E-state index is 0.123. The molecule has 1 atom stereocenters. The van der Waals surface area contributed by atoms with E-state index in [1.54, 1.807) is 30.0 Å². The van der Waals surface area contributed by atoms with Crippen molar-refractivity contribution in [1.29, 1.82) is 0 Å². The zero-order valence-corrected chi connectivity index (χ0v) is 20.9. The zero-order chi connectivity index (χ0) is 23.1. The molecule has 5 nitrogen and oxygen atoms in total. The van der Waals surface area contributed by atoms with Gasteiger partial charge in [-0.15, -0.1) is 0 Å². The summed E-state index contributed by atoms with van der Waals surface area (Å²) in [6, 6.07) is 12.6. The molecule has 1 aliphatic rings. The van der Waals surface area contributed by atoms with E-state index in [1.807, 2.05) is 31.2 Å². The number of hydrogen-bond acceptors (Lipinski definition) is 3. The Balaban J connectivity index is 1.71. The maximum Gasteiger partial charge on any atom is 0.261 e. The van der Waals surface area contributed by atoms with Crippen molar-refractivity contribution in [3.63, 3.8) is 0 Å². The summed E-state index contributed by atoms with van der Waals surface area (Å²) in [7, 11) is 0. The molecule has 2 aromatic rings. The number of benzene rings is 2. The molecule has 172 valence electrons. The minimum atomic E-state index is -0.612. The molecule has 0 heterocycles. The molecule has 3 rings (SSSR count). The quantitative estimate of drug-likeness (QED) is 0.488. The Kier molecular flexibility index (Phi) is 9.00. The summed E-state index contributed by atoms with van der Waals surface area (Å²) < 4.78 is 6.66. The van der Waals surface area contributed by atoms with E-state index in [2.05, 4.69) is 21.2 Å². The first kappa shape index (κ1) is 24.6. The predicted molar refractivity (Wildman–Crippen MR) is 131 cm³/mol. The Morgan fingerprint density at radius 3 is 2.62 bits per heavy atom. The monoisotopic (exact) mass is 520 g/mol. The molecule has 0 radical (unpaired) electrons. The SMILES string of the molecule is Cc1cc(OCC(=O)N(Cc2cccc(Br)c2)C(C)C(=O)NC2CCCCC2)ccc1Cl. The third-order valence-electron chi connectivity index (χ3n) is 5.85. The highest BCUT2D eigenvalue weighted by Crippen LogP contribution is 2.22. The van der Waals surface area contributed by atoms with Crippen LogP contribution in [0.4, 0.5) is 0 Å². The van der Waals surface area contributed by atoms with E-state index < -0.39 is 6.04 Å². The first-order valence-corrected chi connectivity index (χ1v) is 12.2. The molecule has 7 heteroatoms. The smallest absolute Gasteiger partial charge is 0.261 e. The lowest BCUT2D eigenvalue weighted by atomic mass is 9.95. The van der Waals surface area contributed by atoms with Crippen molar-refractivity contribution < 1.29 is 14.3 Å². The van der Waals surface area contributed by atoms with Crippen molar-refractivity contribution in [1.82, 2.24) is 10.2 Å². The standard InChI is InChI=1S/C25H30BrClN2O3/c1-17-13-22(11-12-23(17)27)32-16-24(30)29(15-19-7-6-8-20(26)14-19)18(2)25(31)28-21-9-4-3-5-10-21/h6-8,11-14,18,21H,3-5,9-10,15-16H2,1-2H3,(H,28,31). The van der Waals surface area contributed by atoms with Gasteiger partial charge in [-0.05, 0) is 68.1 Å². The van der Waals surface area contributed by atoms with Crippen molar-refractivity contribution in [2.45, 2.75) is 64.6 Å². The molecular weight excluding hydrogens is 492 g/mol. The number of carbonyl (C=O) groups is 2. The van der Waals surface area contributed by atoms with Gasteiger partial charge in [0.1, 0.15) is 11.8 Å². The van der Waals surface area contributed by atoms with Gasteiger partial charge < -0.3 is 15.0 Å². The average Bonchev–Trinajstić information content (AvgIpc) is 2.78. The second-order valence-electron chi connectivity index (χ2n) is 8.37. The van der Waals surface area contributed by atoms with Crippen LogP contribution in [0.25, 0.3) is 0 Å². The molecule has 0 spiro atoms. The Bertz CT molecular complexity index is 947. The van der Waals surface area contributed by atoms with Gasteiger partial charge in [-0.2, -0.15) is 0 Å². The third-order valence-corrected chi connectivity index (χ3v) is 6.77. The van der Waals surface area contributed by atoms with Gasteiger partial charge in [0.25, 0.3) is 5.91 Å². The van der Waals surface area contributed by atoms with Crippen LogP contribution in [-0.2, 0) is 16.1 Å². The summed E-state index contributed by atoms with van der Waals surface area (Å²) in [4.78, 5) is 27.8. The molecule has 1 unspecified atom stereocenters. The topological polar surface area (TPSA) is 58.6 Å².